The Bertz CT molecular complexity index is 3200. The third kappa shape index (κ3) is 4.93. The van der Waals surface area contributed by atoms with Crippen LogP contribution in [0.3, 0.4) is 0 Å². The summed E-state index contributed by atoms with van der Waals surface area (Å²) in [7, 11) is 0. The molecule has 0 aliphatic heterocycles. The fourth-order valence-corrected chi connectivity index (χ4v) is 9.22. The third-order valence-corrected chi connectivity index (χ3v) is 11.7. The van der Waals surface area contributed by atoms with Crippen LogP contribution in [0.4, 0.5) is 17.1 Å². The Morgan fingerprint density at radius 2 is 0.981 bits per heavy atom. The standard InChI is InChI=1S/C50H31NOS/c1-2-12-34-28-37(23-22-32(34)10-1)35-13-7-15-39(29-35)51(45-19-9-20-46-49(45)44-27-24-33-11-3-4-17-41(33)50(44)52-46)40-16-8-14-36(30-40)38-25-26-43-42-18-5-6-21-47(42)53-48(43)31-38/h1-31H. The smallest absolute Gasteiger partial charge is 0.143 e. The van der Waals surface area contributed by atoms with Crippen LogP contribution in [0.25, 0.3) is 85.9 Å². The summed E-state index contributed by atoms with van der Waals surface area (Å²) in [4.78, 5) is 2.40. The van der Waals surface area contributed by atoms with Gasteiger partial charge in [-0.1, -0.05) is 127 Å². The number of rotatable bonds is 5. The Morgan fingerprint density at radius 3 is 1.81 bits per heavy atom. The maximum atomic E-state index is 6.70. The lowest BCUT2D eigenvalue weighted by atomic mass is 9.99. The number of furan rings is 1. The molecular weight excluding hydrogens is 663 g/mol. The molecule has 0 radical (unpaired) electrons. The first-order valence-corrected chi connectivity index (χ1v) is 18.8. The predicted octanol–water partition coefficient (Wildman–Crippen LogP) is 15.1. The second-order valence-electron chi connectivity index (χ2n) is 13.7. The van der Waals surface area contributed by atoms with Crippen molar-refractivity contribution in [1.82, 2.24) is 0 Å². The summed E-state index contributed by atoms with van der Waals surface area (Å²) in [6.07, 6.45) is 0. The third-order valence-electron chi connectivity index (χ3n) is 10.6. The van der Waals surface area contributed by atoms with Gasteiger partial charge in [0, 0.05) is 42.3 Å². The molecule has 3 heteroatoms. The van der Waals surface area contributed by atoms with Gasteiger partial charge in [0.05, 0.1) is 11.1 Å². The van der Waals surface area contributed by atoms with Crippen molar-refractivity contribution in [3.8, 4) is 22.3 Å². The summed E-state index contributed by atoms with van der Waals surface area (Å²) in [5, 5.41) is 9.60. The quantitative estimate of drug-likeness (QED) is 0.178. The monoisotopic (exact) mass is 693 g/mol. The highest BCUT2D eigenvalue weighted by Gasteiger charge is 2.21. The first-order chi connectivity index (χ1) is 26.2. The van der Waals surface area contributed by atoms with Crippen molar-refractivity contribution in [3.63, 3.8) is 0 Å². The summed E-state index contributed by atoms with van der Waals surface area (Å²) in [5.41, 5.74) is 9.75. The molecule has 0 atom stereocenters. The van der Waals surface area contributed by atoms with Crippen molar-refractivity contribution in [2.24, 2.45) is 0 Å². The zero-order valence-corrected chi connectivity index (χ0v) is 29.5. The SMILES string of the molecule is c1cc(-c2ccc3ccccc3c2)cc(N(c2cccc(-c3ccc4c(c3)sc3ccccc34)c2)c2cccc3oc4c5ccccc5ccc4c23)c1. The molecule has 0 amide bonds. The van der Waals surface area contributed by atoms with Crippen LogP contribution in [-0.4, -0.2) is 0 Å². The Balaban J connectivity index is 1.12. The Hall–Kier alpha value is -6.68. The van der Waals surface area contributed by atoms with Gasteiger partial charge in [-0.2, -0.15) is 0 Å². The maximum Gasteiger partial charge on any atom is 0.143 e. The van der Waals surface area contributed by atoms with Crippen LogP contribution in [0.5, 0.6) is 0 Å². The molecule has 0 aliphatic carbocycles. The van der Waals surface area contributed by atoms with E-state index < -0.39 is 0 Å². The van der Waals surface area contributed by atoms with Gasteiger partial charge in [0.25, 0.3) is 0 Å². The average Bonchev–Trinajstić information content (AvgIpc) is 3.80. The first kappa shape index (κ1) is 30.0. The lowest BCUT2D eigenvalue weighted by molar-refractivity contribution is 0.672. The number of benzene rings is 9. The topological polar surface area (TPSA) is 16.4 Å². The zero-order chi connectivity index (χ0) is 34.9. The van der Waals surface area contributed by atoms with Gasteiger partial charge in [0.1, 0.15) is 11.2 Å². The van der Waals surface area contributed by atoms with E-state index >= 15 is 0 Å². The van der Waals surface area contributed by atoms with Gasteiger partial charge < -0.3 is 9.32 Å². The van der Waals surface area contributed by atoms with Gasteiger partial charge in [-0.3, -0.25) is 0 Å². The summed E-state index contributed by atoms with van der Waals surface area (Å²) in [6, 6.07) is 68.1. The normalized spacial score (nSPS) is 11.8. The van der Waals surface area contributed by atoms with Crippen LogP contribution in [0.1, 0.15) is 0 Å². The molecule has 0 fully saturated rings. The van der Waals surface area contributed by atoms with Crippen LogP contribution in [0.2, 0.25) is 0 Å². The molecule has 11 aromatic rings. The van der Waals surface area contributed by atoms with Gasteiger partial charge in [-0.15, -0.1) is 11.3 Å². The summed E-state index contributed by atoms with van der Waals surface area (Å²) >= 11 is 1.86. The van der Waals surface area contributed by atoms with E-state index in [1.165, 1.54) is 58.6 Å². The molecule has 2 nitrogen and oxygen atoms in total. The predicted molar refractivity (Wildman–Crippen MR) is 227 cm³/mol. The minimum absolute atomic E-state index is 0.871. The van der Waals surface area contributed by atoms with E-state index in [0.29, 0.717) is 0 Å². The summed E-state index contributed by atoms with van der Waals surface area (Å²) in [6.45, 7) is 0. The number of nitrogens with zero attached hydrogens (tertiary/aromatic N) is 1. The number of thiophene rings is 1. The van der Waals surface area contributed by atoms with Gasteiger partial charge in [-0.25, -0.2) is 0 Å². The highest BCUT2D eigenvalue weighted by Crippen LogP contribution is 2.46. The van der Waals surface area contributed by atoms with Crippen molar-refractivity contribution in [2.45, 2.75) is 0 Å². The van der Waals surface area contributed by atoms with Crippen LogP contribution in [0, 0.1) is 0 Å². The number of hydrogen-bond donors (Lipinski definition) is 0. The molecule has 53 heavy (non-hydrogen) atoms. The van der Waals surface area contributed by atoms with Crippen LogP contribution < -0.4 is 4.90 Å². The Kier molecular flexibility index (Phi) is 6.76. The van der Waals surface area contributed by atoms with Gasteiger partial charge in [-0.05, 0) is 99.1 Å². The lowest BCUT2D eigenvalue weighted by Gasteiger charge is -2.27. The molecule has 9 aromatic carbocycles. The molecule has 0 saturated heterocycles. The van der Waals surface area contributed by atoms with Crippen molar-refractivity contribution in [3.05, 3.63) is 188 Å². The second kappa shape index (κ2) is 11.9. The molecule has 0 spiro atoms. The van der Waals surface area contributed by atoms with Crippen LogP contribution >= 0.6 is 11.3 Å². The van der Waals surface area contributed by atoms with E-state index in [1.54, 1.807) is 0 Å². The average molecular weight is 694 g/mol. The summed E-state index contributed by atoms with van der Waals surface area (Å²) in [5.74, 6) is 0. The zero-order valence-electron chi connectivity index (χ0n) is 28.7. The van der Waals surface area contributed by atoms with Crippen molar-refractivity contribution >= 4 is 92.1 Å². The largest absolute Gasteiger partial charge is 0.455 e. The van der Waals surface area contributed by atoms with Gasteiger partial charge >= 0.3 is 0 Å². The molecule has 248 valence electrons. The van der Waals surface area contributed by atoms with E-state index in [9.17, 15) is 0 Å². The second-order valence-corrected chi connectivity index (χ2v) is 14.8. The van der Waals surface area contributed by atoms with Gasteiger partial charge in [0.2, 0.25) is 0 Å². The van der Waals surface area contributed by atoms with Gasteiger partial charge in [0.15, 0.2) is 0 Å². The van der Waals surface area contributed by atoms with Crippen molar-refractivity contribution in [2.75, 3.05) is 4.90 Å². The fourth-order valence-electron chi connectivity index (χ4n) is 8.07. The minimum Gasteiger partial charge on any atom is -0.455 e. The highest BCUT2D eigenvalue weighted by molar-refractivity contribution is 7.25. The fraction of sp³-hybridized carbons (Fsp3) is 0. The molecule has 0 N–H and O–H groups in total. The summed E-state index contributed by atoms with van der Waals surface area (Å²) < 4.78 is 9.32. The van der Waals surface area contributed by atoms with Crippen molar-refractivity contribution < 1.29 is 4.42 Å². The van der Waals surface area contributed by atoms with E-state index in [-0.39, 0.29) is 0 Å². The highest BCUT2D eigenvalue weighted by atomic mass is 32.1. The van der Waals surface area contributed by atoms with E-state index in [4.69, 9.17) is 4.42 Å². The van der Waals surface area contributed by atoms with E-state index in [1.807, 2.05) is 11.3 Å². The minimum atomic E-state index is 0.871. The molecule has 11 rings (SSSR count). The number of fused-ring (bicyclic) bond motifs is 9. The van der Waals surface area contributed by atoms with E-state index in [0.717, 1.165) is 44.4 Å². The molecular formula is C50H31NOS. The number of hydrogen-bond acceptors (Lipinski definition) is 3. The molecule has 0 unspecified atom stereocenters. The lowest BCUT2D eigenvalue weighted by Crippen LogP contribution is -2.10. The molecule has 0 bridgehead atoms. The Labute approximate surface area is 310 Å². The maximum absolute atomic E-state index is 6.70. The molecule has 0 aliphatic rings. The molecule has 2 heterocycles. The first-order valence-electron chi connectivity index (χ1n) is 18.0. The molecule has 0 saturated carbocycles. The Morgan fingerprint density at radius 1 is 0.377 bits per heavy atom. The molecule has 2 aromatic heterocycles. The van der Waals surface area contributed by atoms with E-state index in [2.05, 4.69) is 193 Å². The number of anilines is 3. The van der Waals surface area contributed by atoms with Crippen LogP contribution in [0.15, 0.2) is 192 Å². The van der Waals surface area contributed by atoms with Crippen molar-refractivity contribution in [1.29, 1.82) is 0 Å². The van der Waals surface area contributed by atoms with Crippen LogP contribution in [-0.2, 0) is 0 Å².